The first-order valence-electron chi connectivity index (χ1n) is 5.33. The molecule has 2 rings (SSSR count). The normalized spacial score (nSPS) is 34.2. The van der Waals surface area contributed by atoms with Crippen molar-refractivity contribution in [2.24, 2.45) is 0 Å². The highest BCUT2D eigenvalue weighted by Gasteiger charge is 2.33. The Kier molecular flexibility index (Phi) is 2.22. The van der Waals surface area contributed by atoms with Gasteiger partial charge < -0.3 is 9.80 Å². The third kappa shape index (κ3) is 1.43. The molecule has 2 aliphatic rings. The van der Waals surface area contributed by atoms with Gasteiger partial charge in [-0.15, -0.1) is 0 Å². The maximum absolute atomic E-state index is 2.46. The number of likely N-dealkylation sites (N-methyl/N-ethyl adjacent to an activating group) is 2. The van der Waals surface area contributed by atoms with Crippen LogP contribution in [0.15, 0.2) is 11.9 Å². The highest BCUT2D eigenvalue weighted by Crippen LogP contribution is 2.31. The lowest BCUT2D eigenvalue weighted by Crippen LogP contribution is -2.52. The van der Waals surface area contributed by atoms with Crippen LogP contribution >= 0.6 is 0 Å². The van der Waals surface area contributed by atoms with Crippen LogP contribution in [0.2, 0.25) is 0 Å². The van der Waals surface area contributed by atoms with Crippen LogP contribution in [0.4, 0.5) is 0 Å². The Morgan fingerprint density at radius 2 is 1.77 bits per heavy atom. The van der Waals surface area contributed by atoms with E-state index in [2.05, 4.69) is 37.0 Å². The third-order valence-electron chi connectivity index (χ3n) is 3.66. The molecule has 0 aromatic heterocycles. The maximum Gasteiger partial charge on any atom is 0.0487 e. The Bertz CT molecular complexity index is 222. The summed E-state index contributed by atoms with van der Waals surface area (Å²) < 4.78 is 0. The van der Waals surface area contributed by atoms with Crippen molar-refractivity contribution in [1.82, 2.24) is 9.80 Å². The molecule has 2 nitrogen and oxygen atoms in total. The van der Waals surface area contributed by atoms with Gasteiger partial charge in [-0.3, -0.25) is 0 Å². The number of allylic oxidation sites excluding steroid dienone is 1. The molecule has 0 aromatic carbocycles. The van der Waals surface area contributed by atoms with Crippen molar-refractivity contribution in [3.8, 4) is 0 Å². The molecule has 2 heteroatoms. The monoisotopic (exact) mass is 180 g/mol. The zero-order valence-corrected chi connectivity index (χ0v) is 8.95. The van der Waals surface area contributed by atoms with E-state index in [4.69, 9.17) is 0 Å². The van der Waals surface area contributed by atoms with E-state index >= 15 is 0 Å². The van der Waals surface area contributed by atoms with Crippen LogP contribution in [0.5, 0.6) is 0 Å². The van der Waals surface area contributed by atoms with Crippen molar-refractivity contribution in [1.29, 1.82) is 0 Å². The largest absolute Gasteiger partial charge is 0.374 e. The fraction of sp³-hybridized carbons (Fsp3) is 0.818. The fourth-order valence-corrected chi connectivity index (χ4v) is 2.76. The van der Waals surface area contributed by atoms with Crippen molar-refractivity contribution in [2.45, 2.75) is 44.7 Å². The summed E-state index contributed by atoms with van der Waals surface area (Å²) in [5, 5.41) is 0. The molecule has 0 saturated heterocycles. The minimum absolute atomic E-state index is 0.766. The van der Waals surface area contributed by atoms with E-state index in [0.717, 1.165) is 12.1 Å². The summed E-state index contributed by atoms with van der Waals surface area (Å²) >= 11 is 0. The number of hydrogen-bond donors (Lipinski definition) is 0. The van der Waals surface area contributed by atoms with Gasteiger partial charge in [-0.1, -0.05) is 12.8 Å². The highest BCUT2D eigenvalue weighted by molar-refractivity contribution is 5.08. The predicted molar refractivity (Wildman–Crippen MR) is 55.3 cm³/mol. The summed E-state index contributed by atoms with van der Waals surface area (Å²) in [6, 6.07) is 1.53. The van der Waals surface area contributed by atoms with E-state index in [9.17, 15) is 0 Å². The summed E-state index contributed by atoms with van der Waals surface area (Å²) in [5.74, 6) is 0. The van der Waals surface area contributed by atoms with Gasteiger partial charge in [0.2, 0.25) is 0 Å². The van der Waals surface area contributed by atoms with Crippen LogP contribution in [-0.4, -0.2) is 36.0 Å². The summed E-state index contributed by atoms with van der Waals surface area (Å²) in [5.41, 5.74) is 1.41. The standard InChI is InChI=1S/C11H20N2/c1-9-8-12(2)10-6-4-5-7-11(10)13(9)3/h8,10-11H,4-7H2,1-3H3. The van der Waals surface area contributed by atoms with Crippen LogP contribution in [0.25, 0.3) is 0 Å². The van der Waals surface area contributed by atoms with E-state index in [1.165, 1.54) is 31.4 Å². The lowest BCUT2D eigenvalue weighted by molar-refractivity contribution is 0.100. The maximum atomic E-state index is 2.46. The smallest absolute Gasteiger partial charge is 0.0487 e. The first kappa shape index (κ1) is 8.92. The molecule has 1 aliphatic carbocycles. The van der Waals surface area contributed by atoms with Crippen molar-refractivity contribution < 1.29 is 0 Å². The molecule has 0 aromatic rings. The minimum Gasteiger partial charge on any atom is -0.374 e. The second kappa shape index (κ2) is 3.24. The van der Waals surface area contributed by atoms with E-state index in [-0.39, 0.29) is 0 Å². The van der Waals surface area contributed by atoms with E-state index in [1.54, 1.807) is 0 Å². The van der Waals surface area contributed by atoms with Gasteiger partial charge in [0.1, 0.15) is 0 Å². The fourth-order valence-electron chi connectivity index (χ4n) is 2.76. The molecule has 74 valence electrons. The molecule has 0 bridgehead atoms. The van der Waals surface area contributed by atoms with Crippen LogP contribution in [0.1, 0.15) is 32.6 Å². The molecule has 2 unspecified atom stereocenters. The minimum atomic E-state index is 0.766. The van der Waals surface area contributed by atoms with Crippen LogP contribution in [0, 0.1) is 0 Å². The van der Waals surface area contributed by atoms with Gasteiger partial charge in [-0.25, -0.2) is 0 Å². The van der Waals surface area contributed by atoms with Crippen LogP contribution in [-0.2, 0) is 0 Å². The average molecular weight is 180 g/mol. The van der Waals surface area contributed by atoms with Crippen LogP contribution in [0.3, 0.4) is 0 Å². The lowest BCUT2D eigenvalue weighted by Gasteiger charge is -2.47. The Morgan fingerprint density at radius 3 is 2.46 bits per heavy atom. The number of fused-ring (bicyclic) bond motifs is 1. The van der Waals surface area contributed by atoms with Crippen molar-refractivity contribution in [3.63, 3.8) is 0 Å². The van der Waals surface area contributed by atoms with Crippen molar-refractivity contribution >= 4 is 0 Å². The molecule has 1 aliphatic heterocycles. The molecular weight excluding hydrogens is 160 g/mol. The number of rotatable bonds is 0. The van der Waals surface area contributed by atoms with Gasteiger partial charge in [-0.2, -0.15) is 0 Å². The molecule has 1 fully saturated rings. The number of hydrogen-bond acceptors (Lipinski definition) is 2. The Balaban J connectivity index is 2.21. The quantitative estimate of drug-likeness (QED) is 0.563. The second-order valence-electron chi connectivity index (χ2n) is 4.47. The number of nitrogens with zero attached hydrogens (tertiary/aromatic N) is 2. The summed E-state index contributed by atoms with van der Waals surface area (Å²) in [7, 11) is 4.46. The Hall–Kier alpha value is -0.660. The Labute approximate surface area is 81.2 Å². The predicted octanol–water partition coefficient (Wildman–Crippen LogP) is 2.04. The van der Waals surface area contributed by atoms with E-state index in [0.29, 0.717) is 0 Å². The third-order valence-corrected chi connectivity index (χ3v) is 3.66. The molecular formula is C11H20N2. The second-order valence-corrected chi connectivity index (χ2v) is 4.47. The topological polar surface area (TPSA) is 6.48 Å². The molecule has 0 spiro atoms. The lowest BCUT2D eigenvalue weighted by atomic mass is 9.87. The molecule has 13 heavy (non-hydrogen) atoms. The van der Waals surface area contributed by atoms with Gasteiger partial charge in [0.05, 0.1) is 0 Å². The van der Waals surface area contributed by atoms with Gasteiger partial charge in [0.25, 0.3) is 0 Å². The SMILES string of the molecule is CC1=CN(C)C2CCCCC2N1C. The van der Waals surface area contributed by atoms with Gasteiger partial charge in [0.15, 0.2) is 0 Å². The van der Waals surface area contributed by atoms with Gasteiger partial charge >= 0.3 is 0 Å². The van der Waals surface area contributed by atoms with Crippen molar-refractivity contribution in [2.75, 3.05) is 14.1 Å². The molecule has 2 atom stereocenters. The summed E-state index contributed by atoms with van der Waals surface area (Å²) in [6.45, 7) is 2.21. The molecule has 0 amide bonds. The van der Waals surface area contributed by atoms with Crippen molar-refractivity contribution in [3.05, 3.63) is 11.9 Å². The molecule has 0 radical (unpaired) electrons. The van der Waals surface area contributed by atoms with E-state index < -0.39 is 0 Å². The molecule has 1 saturated carbocycles. The molecule has 1 heterocycles. The van der Waals surface area contributed by atoms with Gasteiger partial charge in [0, 0.05) is 38.1 Å². The zero-order valence-electron chi connectivity index (χ0n) is 8.95. The average Bonchev–Trinajstić information content (AvgIpc) is 2.15. The van der Waals surface area contributed by atoms with E-state index in [1.807, 2.05) is 0 Å². The van der Waals surface area contributed by atoms with Gasteiger partial charge in [-0.05, 0) is 19.8 Å². The zero-order chi connectivity index (χ0) is 9.42. The molecule has 0 N–H and O–H groups in total. The first-order chi connectivity index (χ1) is 6.20. The highest BCUT2D eigenvalue weighted by atomic mass is 15.3. The van der Waals surface area contributed by atoms with Crippen LogP contribution < -0.4 is 0 Å². The summed E-state index contributed by atoms with van der Waals surface area (Å²) in [4.78, 5) is 4.88. The Morgan fingerprint density at radius 1 is 1.15 bits per heavy atom. The summed E-state index contributed by atoms with van der Waals surface area (Å²) in [6.07, 6.45) is 7.84. The first-order valence-corrected chi connectivity index (χ1v) is 5.33.